The van der Waals surface area contributed by atoms with Crippen LogP contribution in [-0.4, -0.2) is 47.1 Å². The molecule has 0 spiro atoms. The molecule has 1 aromatic rings. The van der Waals surface area contributed by atoms with Crippen LogP contribution in [-0.2, 0) is 0 Å². The van der Waals surface area contributed by atoms with Gasteiger partial charge in [-0.1, -0.05) is 0 Å². The molecule has 0 aliphatic carbocycles. The number of hydrogen-bond donors (Lipinski definition) is 2. The van der Waals surface area contributed by atoms with Gasteiger partial charge in [0.25, 0.3) is 0 Å². The summed E-state index contributed by atoms with van der Waals surface area (Å²) in [7, 11) is 0. The van der Waals surface area contributed by atoms with Gasteiger partial charge in [0.15, 0.2) is 0 Å². The van der Waals surface area contributed by atoms with Crippen molar-refractivity contribution in [1.82, 2.24) is 14.9 Å². The molecule has 0 amide bonds. The van der Waals surface area contributed by atoms with E-state index in [1.54, 1.807) is 6.20 Å². The topological polar surface area (TPSA) is 53.1 Å². The minimum atomic E-state index is 0.560. The third kappa shape index (κ3) is 3.57. The molecule has 5 heteroatoms. The van der Waals surface area contributed by atoms with E-state index in [1.165, 1.54) is 25.9 Å². The first-order chi connectivity index (χ1) is 8.79. The van der Waals surface area contributed by atoms with Gasteiger partial charge in [0, 0.05) is 25.3 Å². The van der Waals surface area contributed by atoms with E-state index >= 15 is 0 Å². The van der Waals surface area contributed by atoms with Crippen molar-refractivity contribution in [3.05, 3.63) is 12.3 Å². The maximum absolute atomic E-state index is 4.41. The van der Waals surface area contributed by atoms with Crippen molar-refractivity contribution in [2.24, 2.45) is 0 Å². The van der Waals surface area contributed by atoms with Gasteiger partial charge < -0.3 is 10.6 Å². The second kappa shape index (κ2) is 6.54. The second-order valence-corrected chi connectivity index (χ2v) is 4.77. The molecule has 18 heavy (non-hydrogen) atoms. The van der Waals surface area contributed by atoms with Crippen molar-refractivity contribution < 1.29 is 0 Å². The molecule has 1 saturated heterocycles. The van der Waals surface area contributed by atoms with E-state index in [9.17, 15) is 0 Å². The number of hydrogen-bond acceptors (Lipinski definition) is 5. The molecule has 1 aromatic heterocycles. The van der Waals surface area contributed by atoms with E-state index in [0.29, 0.717) is 12.0 Å². The lowest BCUT2D eigenvalue weighted by atomic mass is 10.3. The van der Waals surface area contributed by atoms with E-state index in [4.69, 9.17) is 0 Å². The zero-order chi connectivity index (χ0) is 12.8. The first-order valence-corrected chi connectivity index (χ1v) is 6.84. The van der Waals surface area contributed by atoms with Crippen LogP contribution in [0.5, 0.6) is 0 Å². The fraction of sp³-hybridized carbons (Fsp3) is 0.692. The molecule has 1 atom stereocenters. The Balaban J connectivity index is 1.83. The average Bonchev–Trinajstić information content (AvgIpc) is 2.91. The molecule has 2 heterocycles. The Bertz CT molecular complexity index is 362. The SMILES string of the molecule is CCNc1nccc(NCC(C)N2CCCC2)n1. The molecule has 0 radical (unpaired) electrons. The van der Waals surface area contributed by atoms with Crippen LogP contribution < -0.4 is 10.6 Å². The molecule has 5 nitrogen and oxygen atoms in total. The molecule has 100 valence electrons. The summed E-state index contributed by atoms with van der Waals surface area (Å²) < 4.78 is 0. The summed E-state index contributed by atoms with van der Waals surface area (Å²) in [6, 6.07) is 2.47. The summed E-state index contributed by atoms with van der Waals surface area (Å²) in [5.74, 6) is 1.59. The summed E-state index contributed by atoms with van der Waals surface area (Å²) >= 11 is 0. The summed E-state index contributed by atoms with van der Waals surface area (Å²) in [5, 5.41) is 6.51. The van der Waals surface area contributed by atoms with Crippen molar-refractivity contribution >= 4 is 11.8 Å². The number of nitrogens with zero attached hydrogens (tertiary/aromatic N) is 3. The molecule has 1 aliphatic rings. The summed E-state index contributed by atoms with van der Waals surface area (Å²) in [4.78, 5) is 11.1. The van der Waals surface area contributed by atoms with Crippen LogP contribution in [0.3, 0.4) is 0 Å². The van der Waals surface area contributed by atoms with Crippen LogP contribution in [0.15, 0.2) is 12.3 Å². The van der Waals surface area contributed by atoms with Gasteiger partial charge in [0.1, 0.15) is 5.82 Å². The first-order valence-electron chi connectivity index (χ1n) is 6.84. The molecule has 1 unspecified atom stereocenters. The van der Waals surface area contributed by atoms with Crippen LogP contribution >= 0.6 is 0 Å². The third-order valence-electron chi connectivity index (χ3n) is 3.33. The van der Waals surface area contributed by atoms with Gasteiger partial charge >= 0.3 is 0 Å². The number of likely N-dealkylation sites (tertiary alicyclic amines) is 1. The van der Waals surface area contributed by atoms with Crippen molar-refractivity contribution in [2.75, 3.05) is 36.8 Å². The zero-order valence-corrected chi connectivity index (χ0v) is 11.3. The van der Waals surface area contributed by atoms with Crippen molar-refractivity contribution in [3.63, 3.8) is 0 Å². The average molecular weight is 249 g/mol. The fourth-order valence-corrected chi connectivity index (χ4v) is 2.26. The summed E-state index contributed by atoms with van der Waals surface area (Å²) in [6.45, 7) is 8.55. The standard InChI is InChI=1S/C13H23N5/c1-3-14-13-15-7-6-12(17-13)16-10-11(2)18-8-4-5-9-18/h6-7,11H,3-5,8-10H2,1-2H3,(H2,14,15,16,17). The van der Waals surface area contributed by atoms with Crippen LogP contribution in [0.25, 0.3) is 0 Å². The molecule has 2 N–H and O–H groups in total. The molecule has 1 fully saturated rings. The Morgan fingerprint density at radius 3 is 2.83 bits per heavy atom. The van der Waals surface area contributed by atoms with Crippen molar-refractivity contribution in [2.45, 2.75) is 32.7 Å². The zero-order valence-electron chi connectivity index (χ0n) is 11.3. The number of aromatic nitrogens is 2. The quantitative estimate of drug-likeness (QED) is 0.805. The fourth-order valence-electron chi connectivity index (χ4n) is 2.26. The van der Waals surface area contributed by atoms with Gasteiger partial charge in [0.2, 0.25) is 5.95 Å². The maximum Gasteiger partial charge on any atom is 0.224 e. The van der Waals surface area contributed by atoms with Gasteiger partial charge in [-0.15, -0.1) is 0 Å². The van der Waals surface area contributed by atoms with E-state index in [-0.39, 0.29) is 0 Å². The molecule has 2 rings (SSSR count). The predicted octanol–water partition coefficient (Wildman–Crippen LogP) is 1.80. The highest BCUT2D eigenvalue weighted by Crippen LogP contribution is 2.12. The lowest BCUT2D eigenvalue weighted by molar-refractivity contribution is 0.269. The van der Waals surface area contributed by atoms with Gasteiger partial charge in [-0.05, 0) is 45.8 Å². The Morgan fingerprint density at radius 2 is 2.11 bits per heavy atom. The smallest absolute Gasteiger partial charge is 0.224 e. The van der Waals surface area contributed by atoms with Crippen LogP contribution in [0.1, 0.15) is 26.7 Å². The van der Waals surface area contributed by atoms with E-state index in [0.717, 1.165) is 18.9 Å². The van der Waals surface area contributed by atoms with Gasteiger partial charge in [-0.2, -0.15) is 4.98 Å². The highest BCUT2D eigenvalue weighted by atomic mass is 15.2. The van der Waals surface area contributed by atoms with E-state index in [2.05, 4.69) is 32.4 Å². The Morgan fingerprint density at radius 1 is 1.33 bits per heavy atom. The minimum Gasteiger partial charge on any atom is -0.368 e. The Kier molecular flexibility index (Phi) is 4.75. The van der Waals surface area contributed by atoms with E-state index < -0.39 is 0 Å². The van der Waals surface area contributed by atoms with Gasteiger partial charge in [-0.25, -0.2) is 4.98 Å². The summed E-state index contributed by atoms with van der Waals surface area (Å²) in [5.41, 5.74) is 0. The Hall–Kier alpha value is -1.36. The molecule has 1 aliphatic heterocycles. The van der Waals surface area contributed by atoms with Gasteiger partial charge in [0.05, 0.1) is 0 Å². The second-order valence-electron chi connectivity index (χ2n) is 4.77. The molecular weight excluding hydrogens is 226 g/mol. The number of nitrogens with one attached hydrogen (secondary N) is 2. The van der Waals surface area contributed by atoms with Gasteiger partial charge in [-0.3, -0.25) is 4.90 Å². The van der Waals surface area contributed by atoms with E-state index in [1.807, 2.05) is 13.0 Å². The largest absolute Gasteiger partial charge is 0.368 e. The summed E-state index contributed by atoms with van der Waals surface area (Å²) in [6.07, 6.45) is 4.46. The predicted molar refractivity (Wildman–Crippen MR) is 75.0 cm³/mol. The minimum absolute atomic E-state index is 0.560. The molecule has 0 saturated carbocycles. The number of rotatable bonds is 6. The third-order valence-corrected chi connectivity index (χ3v) is 3.33. The van der Waals surface area contributed by atoms with Crippen LogP contribution in [0.4, 0.5) is 11.8 Å². The monoisotopic (exact) mass is 249 g/mol. The van der Waals surface area contributed by atoms with Crippen molar-refractivity contribution in [3.8, 4) is 0 Å². The molecule has 0 bridgehead atoms. The van der Waals surface area contributed by atoms with Crippen LogP contribution in [0.2, 0.25) is 0 Å². The Labute approximate surface area is 109 Å². The highest BCUT2D eigenvalue weighted by Gasteiger charge is 2.17. The highest BCUT2D eigenvalue weighted by molar-refractivity contribution is 5.39. The van der Waals surface area contributed by atoms with Crippen molar-refractivity contribution in [1.29, 1.82) is 0 Å². The lowest BCUT2D eigenvalue weighted by Gasteiger charge is -2.24. The lowest BCUT2D eigenvalue weighted by Crippen LogP contribution is -2.35. The maximum atomic E-state index is 4.41. The first kappa shape index (κ1) is 13.1. The normalized spacial score (nSPS) is 17.7. The molecule has 0 aromatic carbocycles. The number of anilines is 2. The molecular formula is C13H23N5. The van der Waals surface area contributed by atoms with Crippen LogP contribution in [0, 0.1) is 0 Å².